The summed E-state index contributed by atoms with van der Waals surface area (Å²) in [7, 11) is 0. The van der Waals surface area contributed by atoms with Gasteiger partial charge in [0.25, 0.3) is 0 Å². The highest BCUT2D eigenvalue weighted by Gasteiger charge is 1.94. The molecule has 70 valence electrons. The Hall–Kier alpha value is -0.400. The molecule has 0 aromatic heterocycles. The number of alkyl halides is 1. The van der Waals surface area contributed by atoms with Crippen LogP contribution in [-0.2, 0) is 6.42 Å². The zero-order chi connectivity index (χ0) is 9.68. The van der Waals surface area contributed by atoms with Crippen LogP contribution < -0.4 is 0 Å². The molecule has 0 aliphatic heterocycles. The topological polar surface area (TPSA) is 0 Å². The Morgan fingerprint density at radius 1 is 1.46 bits per heavy atom. The molecule has 0 saturated heterocycles. The maximum atomic E-state index is 5.67. The van der Waals surface area contributed by atoms with Gasteiger partial charge in [0.2, 0.25) is 0 Å². The molecule has 1 rings (SSSR count). The van der Waals surface area contributed by atoms with E-state index in [0.29, 0.717) is 5.88 Å². The molecule has 13 heavy (non-hydrogen) atoms. The van der Waals surface area contributed by atoms with Crippen LogP contribution >= 0.6 is 24.2 Å². The standard InChI is InChI=1S/C11H13ClS/c1-9(8-12)6-7-10-4-2-3-5-11(10)13/h2-6,13H,7-8H2,1H3. The summed E-state index contributed by atoms with van der Waals surface area (Å²) in [5, 5.41) is 0. The minimum Gasteiger partial charge on any atom is -0.143 e. The van der Waals surface area contributed by atoms with Crippen molar-refractivity contribution in [3.63, 3.8) is 0 Å². The summed E-state index contributed by atoms with van der Waals surface area (Å²) in [5.41, 5.74) is 2.45. The van der Waals surface area contributed by atoms with Gasteiger partial charge in [0, 0.05) is 10.8 Å². The van der Waals surface area contributed by atoms with Crippen molar-refractivity contribution in [2.45, 2.75) is 18.2 Å². The first-order valence-electron chi connectivity index (χ1n) is 4.22. The van der Waals surface area contributed by atoms with E-state index in [-0.39, 0.29) is 0 Å². The van der Waals surface area contributed by atoms with Gasteiger partial charge < -0.3 is 0 Å². The van der Waals surface area contributed by atoms with Crippen molar-refractivity contribution >= 4 is 24.2 Å². The third-order valence-electron chi connectivity index (χ3n) is 1.87. The van der Waals surface area contributed by atoms with Gasteiger partial charge in [-0.2, -0.15) is 0 Å². The first-order chi connectivity index (χ1) is 6.24. The van der Waals surface area contributed by atoms with Crippen molar-refractivity contribution in [2.75, 3.05) is 5.88 Å². The van der Waals surface area contributed by atoms with Crippen LogP contribution in [0.4, 0.5) is 0 Å². The van der Waals surface area contributed by atoms with Crippen LogP contribution in [0.2, 0.25) is 0 Å². The minimum atomic E-state index is 0.606. The molecule has 0 bridgehead atoms. The van der Waals surface area contributed by atoms with E-state index >= 15 is 0 Å². The van der Waals surface area contributed by atoms with E-state index in [4.69, 9.17) is 11.6 Å². The van der Waals surface area contributed by atoms with Gasteiger partial charge >= 0.3 is 0 Å². The van der Waals surface area contributed by atoms with Gasteiger partial charge in [-0.15, -0.1) is 24.2 Å². The maximum absolute atomic E-state index is 5.67. The van der Waals surface area contributed by atoms with Gasteiger partial charge in [0.1, 0.15) is 0 Å². The Balaban J connectivity index is 2.70. The fraction of sp³-hybridized carbons (Fsp3) is 0.273. The molecular weight excluding hydrogens is 200 g/mol. The summed E-state index contributed by atoms with van der Waals surface area (Å²) < 4.78 is 0. The quantitative estimate of drug-likeness (QED) is 0.441. The third-order valence-corrected chi connectivity index (χ3v) is 2.73. The van der Waals surface area contributed by atoms with E-state index in [1.165, 1.54) is 11.1 Å². The molecule has 2 heteroatoms. The van der Waals surface area contributed by atoms with Crippen LogP contribution in [-0.4, -0.2) is 5.88 Å². The second-order valence-corrected chi connectivity index (χ2v) is 3.77. The molecule has 0 aliphatic carbocycles. The lowest BCUT2D eigenvalue weighted by Gasteiger charge is -2.01. The van der Waals surface area contributed by atoms with Gasteiger partial charge in [0.15, 0.2) is 0 Å². The Kier molecular flexibility index (Phi) is 4.40. The third kappa shape index (κ3) is 3.45. The highest BCUT2D eigenvalue weighted by Crippen LogP contribution is 2.14. The summed E-state index contributed by atoms with van der Waals surface area (Å²) in [6, 6.07) is 8.10. The van der Waals surface area contributed by atoms with Crippen LogP contribution in [0, 0.1) is 0 Å². The smallest absolute Gasteiger partial charge is 0.0430 e. The maximum Gasteiger partial charge on any atom is 0.0430 e. The number of benzene rings is 1. The Morgan fingerprint density at radius 3 is 2.77 bits per heavy atom. The van der Waals surface area contributed by atoms with E-state index in [0.717, 1.165) is 11.3 Å². The van der Waals surface area contributed by atoms with Gasteiger partial charge in [-0.3, -0.25) is 0 Å². The molecule has 0 unspecified atom stereocenters. The molecular formula is C11H13ClS. The van der Waals surface area contributed by atoms with Crippen molar-refractivity contribution in [3.8, 4) is 0 Å². The van der Waals surface area contributed by atoms with Crippen LogP contribution in [0.15, 0.2) is 40.8 Å². The number of rotatable bonds is 3. The predicted molar refractivity (Wildman–Crippen MR) is 61.9 cm³/mol. The molecule has 1 aromatic carbocycles. The van der Waals surface area contributed by atoms with Crippen LogP contribution in [0.25, 0.3) is 0 Å². The van der Waals surface area contributed by atoms with E-state index in [1.54, 1.807) is 0 Å². The van der Waals surface area contributed by atoms with Crippen molar-refractivity contribution in [3.05, 3.63) is 41.5 Å². The Labute approximate surface area is 90.0 Å². The number of hydrogen-bond acceptors (Lipinski definition) is 1. The summed E-state index contributed by atoms with van der Waals surface area (Å²) in [6.07, 6.45) is 3.06. The minimum absolute atomic E-state index is 0.606. The van der Waals surface area contributed by atoms with E-state index < -0.39 is 0 Å². The van der Waals surface area contributed by atoms with Gasteiger partial charge in [-0.05, 0) is 25.0 Å². The zero-order valence-corrected chi connectivity index (χ0v) is 9.28. The molecule has 0 amide bonds. The van der Waals surface area contributed by atoms with Gasteiger partial charge in [0.05, 0.1) is 0 Å². The number of thiol groups is 1. The van der Waals surface area contributed by atoms with Crippen LogP contribution in [0.1, 0.15) is 12.5 Å². The van der Waals surface area contributed by atoms with E-state index in [2.05, 4.69) is 24.8 Å². The molecule has 0 N–H and O–H groups in total. The average molecular weight is 213 g/mol. The lowest BCUT2D eigenvalue weighted by Crippen LogP contribution is -1.85. The summed E-state index contributed by atoms with van der Waals surface area (Å²) in [5.74, 6) is 0.606. The Bertz CT molecular complexity index is 305. The van der Waals surface area contributed by atoms with Gasteiger partial charge in [-0.25, -0.2) is 0 Å². The van der Waals surface area contributed by atoms with Crippen molar-refractivity contribution in [1.29, 1.82) is 0 Å². The molecule has 0 atom stereocenters. The second-order valence-electron chi connectivity index (χ2n) is 3.02. The molecule has 1 aromatic rings. The van der Waals surface area contributed by atoms with Crippen LogP contribution in [0.3, 0.4) is 0 Å². The monoisotopic (exact) mass is 212 g/mol. The fourth-order valence-electron chi connectivity index (χ4n) is 1.02. The van der Waals surface area contributed by atoms with Crippen molar-refractivity contribution in [1.82, 2.24) is 0 Å². The molecule has 0 saturated carbocycles. The van der Waals surface area contributed by atoms with Crippen LogP contribution in [0.5, 0.6) is 0 Å². The molecule has 0 nitrogen and oxygen atoms in total. The van der Waals surface area contributed by atoms with Gasteiger partial charge in [-0.1, -0.05) is 29.8 Å². The van der Waals surface area contributed by atoms with E-state index in [1.807, 2.05) is 25.1 Å². The largest absolute Gasteiger partial charge is 0.143 e. The lowest BCUT2D eigenvalue weighted by molar-refractivity contribution is 1.15. The van der Waals surface area contributed by atoms with Crippen molar-refractivity contribution < 1.29 is 0 Å². The molecule has 0 spiro atoms. The first-order valence-corrected chi connectivity index (χ1v) is 5.20. The summed E-state index contributed by atoms with van der Waals surface area (Å²) in [6.45, 7) is 2.04. The number of hydrogen-bond donors (Lipinski definition) is 1. The molecule has 0 fully saturated rings. The lowest BCUT2D eigenvalue weighted by atomic mass is 10.1. The number of halogens is 1. The second kappa shape index (κ2) is 5.36. The average Bonchev–Trinajstić information content (AvgIpc) is 2.16. The normalized spacial score (nSPS) is 11.8. The summed E-state index contributed by atoms with van der Waals surface area (Å²) >= 11 is 10.0. The Morgan fingerprint density at radius 2 is 2.15 bits per heavy atom. The SMILES string of the molecule is CC(=CCc1ccccc1S)CCl. The highest BCUT2D eigenvalue weighted by atomic mass is 35.5. The first kappa shape index (κ1) is 10.7. The molecule has 0 heterocycles. The molecule has 0 aliphatic rings. The zero-order valence-electron chi connectivity index (χ0n) is 7.63. The molecule has 0 radical (unpaired) electrons. The van der Waals surface area contributed by atoms with E-state index in [9.17, 15) is 0 Å². The number of allylic oxidation sites excluding steroid dienone is 2. The van der Waals surface area contributed by atoms with Crippen molar-refractivity contribution in [2.24, 2.45) is 0 Å². The summed E-state index contributed by atoms with van der Waals surface area (Å²) in [4.78, 5) is 1.04. The highest BCUT2D eigenvalue weighted by molar-refractivity contribution is 7.80. The predicted octanol–water partition coefficient (Wildman–Crippen LogP) is 3.70. The fourth-order valence-corrected chi connectivity index (χ4v) is 1.38.